The van der Waals surface area contributed by atoms with Crippen molar-refractivity contribution >= 4 is 31.3 Å². The van der Waals surface area contributed by atoms with Gasteiger partial charge >= 0.3 is 0 Å². The monoisotopic (exact) mass is 484 g/mol. The predicted octanol–water partition coefficient (Wildman–Crippen LogP) is 5.38. The highest BCUT2D eigenvalue weighted by molar-refractivity contribution is 7.91. The van der Waals surface area contributed by atoms with Crippen molar-refractivity contribution in [3.05, 3.63) is 102 Å². The number of benzene rings is 4. The largest absolute Gasteiger partial charge is 0.508 e. The fourth-order valence-electron chi connectivity index (χ4n) is 3.16. The number of rotatable bonds is 5. The van der Waals surface area contributed by atoms with Gasteiger partial charge in [0.25, 0.3) is 0 Å². The highest BCUT2D eigenvalue weighted by atomic mass is 35.5. The SMILES string of the molecule is O=S(=O)(c1ccc(O)cc1)c1ccc(-c2ccc(S(=O)(=O)c3ccc(Cl)cc3)cc2)cc1. The van der Waals surface area contributed by atoms with E-state index in [9.17, 15) is 21.9 Å². The van der Waals surface area contributed by atoms with Crippen LogP contribution in [0.25, 0.3) is 11.1 Å². The lowest BCUT2D eigenvalue weighted by atomic mass is 10.1. The Hall–Kier alpha value is -3.13. The summed E-state index contributed by atoms with van der Waals surface area (Å²) >= 11 is 5.83. The van der Waals surface area contributed by atoms with Crippen LogP contribution in [0.2, 0.25) is 5.02 Å². The van der Waals surface area contributed by atoms with Crippen molar-refractivity contribution < 1.29 is 21.9 Å². The van der Waals surface area contributed by atoms with E-state index in [0.717, 1.165) is 11.1 Å². The van der Waals surface area contributed by atoms with E-state index in [2.05, 4.69) is 0 Å². The molecule has 0 spiro atoms. The Morgan fingerprint density at radius 1 is 0.469 bits per heavy atom. The molecule has 4 aromatic rings. The van der Waals surface area contributed by atoms with Gasteiger partial charge in [0.05, 0.1) is 19.6 Å². The lowest BCUT2D eigenvalue weighted by molar-refractivity contribution is 0.475. The highest BCUT2D eigenvalue weighted by Crippen LogP contribution is 2.28. The molecule has 0 aliphatic heterocycles. The minimum Gasteiger partial charge on any atom is -0.508 e. The maximum absolute atomic E-state index is 12.8. The molecule has 4 aromatic carbocycles. The summed E-state index contributed by atoms with van der Waals surface area (Å²) < 4.78 is 51.1. The van der Waals surface area contributed by atoms with Crippen LogP contribution >= 0.6 is 11.6 Å². The van der Waals surface area contributed by atoms with E-state index in [-0.39, 0.29) is 25.3 Å². The van der Waals surface area contributed by atoms with Crippen LogP contribution in [-0.4, -0.2) is 21.9 Å². The normalized spacial score (nSPS) is 11.9. The second-order valence-corrected chi connectivity index (χ2v) is 11.3. The zero-order valence-electron chi connectivity index (χ0n) is 16.5. The standard InChI is InChI=1S/C24H17ClO5S2/c25-19-5-13-23(14-6-19)31(27,28)21-9-1-17(2-10-21)18-3-11-22(12-4-18)32(29,30)24-15-7-20(26)8-16-24/h1-16,26H. The summed E-state index contributed by atoms with van der Waals surface area (Å²) in [6.45, 7) is 0. The van der Waals surface area contributed by atoms with Crippen LogP contribution in [0.4, 0.5) is 0 Å². The quantitative estimate of drug-likeness (QED) is 0.411. The van der Waals surface area contributed by atoms with Crippen molar-refractivity contribution in [1.82, 2.24) is 0 Å². The summed E-state index contributed by atoms with van der Waals surface area (Å²) in [5.74, 6) is -0.0131. The van der Waals surface area contributed by atoms with Gasteiger partial charge in [-0.15, -0.1) is 0 Å². The Morgan fingerprint density at radius 2 is 0.750 bits per heavy atom. The molecule has 5 nitrogen and oxygen atoms in total. The van der Waals surface area contributed by atoms with Gasteiger partial charge < -0.3 is 5.11 Å². The Labute approximate surface area is 191 Å². The van der Waals surface area contributed by atoms with Crippen molar-refractivity contribution in [1.29, 1.82) is 0 Å². The summed E-state index contributed by atoms with van der Waals surface area (Å²) in [7, 11) is -7.38. The molecule has 0 unspecified atom stereocenters. The molecule has 0 aliphatic carbocycles. The minimum absolute atomic E-state index is 0.0131. The highest BCUT2D eigenvalue weighted by Gasteiger charge is 2.19. The van der Waals surface area contributed by atoms with Gasteiger partial charge in [-0.3, -0.25) is 0 Å². The molecule has 4 rings (SSSR count). The van der Waals surface area contributed by atoms with Crippen LogP contribution in [0, 0.1) is 0 Å². The molecule has 0 aliphatic rings. The van der Waals surface area contributed by atoms with Crippen molar-refractivity contribution in [2.45, 2.75) is 19.6 Å². The molecule has 0 saturated carbocycles. The molecule has 0 saturated heterocycles. The van der Waals surface area contributed by atoms with Gasteiger partial charge in [-0.25, -0.2) is 16.8 Å². The van der Waals surface area contributed by atoms with Gasteiger partial charge in [0.2, 0.25) is 19.7 Å². The van der Waals surface area contributed by atoms with Crippen molar-refractivity contribution in [2.75, 3.05) is 0 Å². The van der Waals surface area contributed by atoms with Crippen LogP contribution < -0.4 is 0 Å². The average Bonchev–Trinajstić information content (AvgIpc) is 2.80. The maximum Gasteiger partial charge on any atom is 0.206 e. The fourth-order valence-corrected chi connectivity index (χ4v) is 5.81. The molecule has 0 radical (unpaired) electrons. The van der Waals surface area contributed by atoms with Crippen LogP contribution in [-0.2, 0) is 19.7 Å². The fraction of sp³-hybridized carbons (Fsp3) is 0. The van der Waals surface area contributed by atoms with Gasteiger partial charge in [-0.2, -0.15) is 0 Å². The Kier molecular flexibility index (Phi) is 5.81. The molecule has 8 heteroatoms. The van der Waals surface area contributed by atoms with Gasteiger partial charge in [-0.05, 0) is 83.9 Å². The molecular formula is C24H17ClO5S2. The van der Waals surface area contributed by atoms with Crippen LogP contribution in [0.3, 0.4) is 0 Å². The lowest BCUT2D eigenvalue weighted by Gasteiger charge is -2.08. The molecule has 0 amide bonds. The molecule has 0 atom stereocenters. The Bertz CT molecular complexity index is 1340. The first-order valence-electron chi connectivity index (χ1n) is 9.43. The van der Waals surface area contributed by atoms with Crippen molar-refractivity contribution in [2.24, 2.45) is 0 Å². The summed E-state index contributed by atoms with van der Waals surface area (Å²) in [5.41, 5.74) is 1.48. The van der Waals surface area contributed by atoms with E-state index in [1.54, 1.807) is 24.3 Å². The molecular weight excluding hydrogens is 468 g/mol. The van der Waals surface area contributed by atoms with Gasteiger partial charge in [-0.1, -0.05) is 35.9 Å². The van der Waals surface area contributed by atoms with Gasteiger partial charge in [0.1, 0.15) is 5.75 Å². The van der Waals surface area contributed by atoms with Crippen LogP contribution in [0.1, 0.15) is 0 Å². The zero-order chi connectivity index (χ0) is 22.9. The van der Waals surface area contributed by atoms with E-state index < -0.39 is 19.7 Å². The number of sulfone groups is 2. The number of aromatic hydroxyl groups is 1. The number of halogens is 1. The van der Waals surface area contributed by atoms with Crippen LogP contribution in [0.5, 0.6) is 5.75 Å². The Balaban J connectivity index is 1.60. The summed E-state index contributed by atoms with van der Waals surface area (Å²) in [6, 6.07) is 24.0. The van der Waals surface area contributed by atoms with Crippen molar-refractivity contribution in [3.63, 3.8) is 0 Å². The summed E-state index contributed by atoms with van der Waals surface area (Å²) in [4.78, 5) is 0.502. The predicted molar refractivity (Wildman–Crippen MR) is 122 cm³/mol. The summed E-state index contributed by atoms with van der Waals surface area (Å²) in [6.07, 6.45) is 0. The number of hydrogen-bond donors (Lipinski definition) is 1. The maximum atomic E-state index is 12.8. The van der Waals surface area contributed by atoms with Gasteiger partial charge in [0, 0.05) is 5.02 Å². The smallest absolute Gasteiger partial charge is 0.206 e. The molecule has 0 fully saturated rings. The molecule has 162 valence electrons. The van der Waals surface area contributed by atoms with E-state index >= 15 is 0 Å². The second-order valence-electron chi connectivity index (χ2n) is 7.00. The molecule has 32 heavy (non-hydrogen) atoms. The molecule has 0 aromatic heterocycles. The number of phenols is 1. The number of hydrogen-bond acceptors (Lipinski definition) is 5. The van der Waals surface area contributed by atoms with Gasteiger partial charge in [0.15, 0.2) is 0 Å². The van der Waals surface area contributed by atoms with E-state index in [4.69, 9.17) is 11.6 Å². The molecule has 0 bridgehead atoms. The van der Waals surface area contributed by atoms with E-state index in [1.807, 2.05) is 0 Å². The zero-order valence-corrected chi connectivity index (χ0v) is 18.9. The first-order valence-corrected chi connectivity index (χ1v) is 12.8. The van der Waals surface area contributed by atoms with Crippen molar-refractivity contribution in [3.8, 4) is 16.9 Å². The third kappa shape index (κ3) is 4.27. The first-order chi connectivity index (χ1) is 15.2. The summed E-state index contributed by atoms with van der Waals surface area (Å²) in [5, 5.41) is 9.82. The minimum atomic E-state index is -3.71. The topological polar surface area (TPSA) is 88.5 Å². The molecule has 0 heterocycles. The van der Waals surface area contributed by atoms with E-state index in [0.29, 0.717) is 5.02 Å². The number of phenolic OH excluding ortho intramolecular Hbond substituents is 1. The lowest BCUT2D eigenvalue weighted by Crippen LogP contribution is -2.02. The third-order valence-electron chi connectivity index (χ3n) is 4.93. The first kappa shape index (κ1) is 22.1. The molecule has 1 N–H and O–H groups in total. The van der Waals surface area contributed by atoms with Crippen LogP contribution in [0.15, 0.2) is 117 Å². The van der Waals surface area contributed by atoms with E-state index in [1.165, 1.54) is 72.8 Å². The second kappa shape index (κ2) is 8.43. The Morgan fingerprint density at radius 3 is 1.09 bits per heavy atom. The third-order valence-corrected chi connectivity index (χ3v) is 8.76. The average molecular weight is 485 g/mol.